The van der Waals surface area contributed by atoms with E-state index in [1.807, 2.05) is 4.90 Å². The SMILES string of the molecule is CN(C)CCN(CC(=O)O)C(=O)[C@@H]1C[C@H]1c1ccccc1C(F)(F)F. The van der Waals surface area contributed by atoms with Gasteiger partial charge in [-0.15, -0.1) is 0 Å². The van der Waals surface area contributed by atoms with E-state index in [-0.39, 0.29) is 12.1 Å². The number of halogens is 3. The second kappa shape index (κ2) is 7.43. The van der Waals surface area contributed by atoms with Crippen molar-refractivity contribution < 1.29 is 27.9 Å². The van der Waals surface area contributed by atoms with E-state index in [1.54, 1.807) is 14.1 Å². The number of rotatable bonds is 7. The smallest absolute Gasteiger partial charge is 0.416 e. The number of amides is 1. The number of alkyl halides is 3. The minimum Gasteiger partial charge on any atom is -0.480 e. The topological polar surface area (TPSA) is 60.9 Å². The van der Waals surface area contributed by atoms with Crippen molar-refractivity contribution in [1.82, 2.24) is 9.80 Å². The van der Waals surface area contributed by atoms with Crippen molar-refractivity contribution in [2.45, 2.75) is 18.5 Å². The number of carbonyl (C=O) groups is 2. The van der Waals surface area contributed by atoms with Gasteiger partial charge in [-0.2, -0.15) is 13.2 Å². The summed E-state index contributed by atoms with van der Waals surface area (Å²) in [7, 11) is 3.59. The van der Waals surface area contributed by atoms with Crippen molar-refractivity contribution >= 4 is 11.9 Å². The highest BCUT2D eigenvalue weighted by molar-refractivity contribution is 5.86. The molecule has 0 saturated heterocycles. The molecule has 25 heavy (non-hydrogen) atoms. The molecule has 5 nitrogen and oxygen atoms in total. The molecule has 1 N–H and O–H groups in total. The van der Waals surface area contributed by atoms with E-state index in [4.69, 9.17) is 5.11 Å². The largest absolute Gasteiger partial charge is 0.480 e. The van der Waals surface area contributed by atoms with Crippen molar-refractivity contribution in [3.63, 3.8) is 0 Å². The Morgan fingerprint density at radius 3 is 2.40 bits per heavy atom. The molecule has 1 aliphatic carbocycles. The molecular formula is C17H21F3N2O3. The summed E-state index contributed by atoms with van der Waals surface area (Å²) in [4.78, 5) is 26.6. The average Bonchev–Trinajstić information content (AvgIpc) is 3.30. The second-order valence-electron chi connectivity index (χ2n) is 6.49. The van der Waals surface area contributed by atoms with Gasteiger partial charge in [0, 0.05) is 19.0 Å². The Morgan fingerprint density at radius 2 is 1.84 bits per heavy atom. The summed E-state index contributed by atoms with van der Waals surface area (Å²) >= 11 is 0. The minimum absolute atomic E-state index is 0.108. The molecule has 0 bridgehead atoms. The molecule has 1 aromatic rings. The lowest BCUT2D eigenvalue weighted by atomic mass is 10.0. The number of aliphatic carboxylic acids is 1. The van der Waals surface area contributed by atoms with Crippen LogP contribution in [0.25, 0.3) is 0 Å². The standard InChI is InChI=1S/C17H21F3N2O3/c1-21(2)7-8-22(10-15(23)24)16(25)13-9-12(13)11-5-3-4-6-14(11)17(18,19)20/h3-6,12-13H,7-10H2,1-2H3,(H,23,24)/t12-,13+/m0/s1. The van der Waals surface area contributed by atoms with Crippen LogP contribution in [0, 0.1) is 5.92 Å². The molecule has 0 spiro atoms. The van der Waals surface area contributed by atoms with Gasteiger partial charge in [-0.25, -0.2) is 0 Å². The van der Waals surface area contributed by atoms with E-state index in [9.17, 15) is 22.8 Å². The zero-order chi connectivity index (χ0) is 18.8. The van der Waals surface area contributed by atoms with E-state index in [0.717, 1.165) is 6.07 Å². The molecule has 0 radical (unpaired) electrons. The van der Waals surface area contributed by atoms with E-state index >= 15 is 0 Å². The summed E-state index contributed by atoms with van der Waals surface area (Å²) in [6, 6.07) is 5.24. The van der Waals surface area contributed by atoms with Crippen LogP contribution >= 0.6 is 0 Å². The third-order valence-electron chi connectivity index (χ3n) is 4.23. The Kier molecular flexibility index (Phi) is 5.72. The average molecular weight is 358 g/mol. The van der Waals surface area contributed by atoms with Crippen LogP contribution in [0.1, 0.15) is 23.5 Å². The Labute approximate surface area is 144 Å². The molecule has 2 atom stereocenters. The highest BCUT2D eigenvalue weighted by atomic mass is 19.4. The number of nitrogens with zero attached hydrogens (tertiary/aromatic N) is 2. The Balaban J connectivity index is 2.13. The quantitative estimate of drug-likeness (QED) is 0.812. The Bertz CT molecular complexity index is 646. The van der Waals surface area contributed by atoms with Gasteiger partial charge in [-0.1, -0.05) is 18.2 Å². The maximum atomic E-state index is 13.1. The lowest BCUT2D eigenvalue weighted by Crippen LogP contribution is -2.41. The predicted molar refractivity (Wildman–Crippen MR) is 85.1 cm³/mol. The van der Waals surface area contributed by atoms with Crippen LogP contribution in [-0.2, 0) is 15.8 Å². The molecule has 1 aliphatic rings. The van der Waals surface area contributed by atoms with Crippen LogP contribution in [-0.4, -0.2) is 60.5 Å². The van der Waals surface area contributed by atoms with Crippen LogP contribution in [0.4, 0.5) is 13.2 Å². The maximum absolute atomic E-state index is 13.1. The molecule has 138 valence electrons. The minimum atomic E-state index is -4.47. The van der Waals surface area contributed by atoms with Crippen molar-refractivity contribution in [2.24, 2.45) is 5.92 Å². The molecule has 0 aliphatic heterocycles. The van der Waals surface area contributed by atoms with Crippen molar-refractivity contribution in [2.75, 3.05) is 33.7 Å². The van der Waals surface area contributed by atoms with Crippen molar-refractivity contribution in [3.05, 3.63) is 35.4 Å². The molecule has 1 aromatic carbocycles. The number of carboxylic acids is 1. The Hall–Kier alpha value is -2.09. The van der Waals surface area contributed by atoms with Crippen LogP contribution in [0.15, 0.2) is 24.3 Å². The van der Waals surface area contributed by atoms with E-state index in [1.165, 1.54) is 23.1 Å². The molecule has 8 heteroatoms. The van der Waals surface area contributed by atoms with Gasteiger partial charge in [-0.05, 0) is 38.1 Å². The summed E-state index contributed by atoms with van der Waals surface area (Å²) in [6.07, 6.45) is -4.16. The molecular weight excluding hydrogens is 337 g/mol. The number of likely N-dealkylation sites (N-methyl/N-ethyl adjacent to an activating group) is 1. The van der Waals surface area contributed by atoms with Gasteiger partial charge in [0.05, 0.1) is 5.56 Å². The highest BCUT2D eigenvalue weighted by Crippen LogP contribution is 2.51. The van der Waals surface area contributed by atoms with Crippen molar-refractivity contribution in [1.29, 1.82) is 0 Å². The fourth-order valence-corrected chi connectivity index (χ4v) is 2.88. The first kappa shape index (κ1) is 19.2. The molecule has 1 fully saturated rings. The predicted octanol–water partition coefficient (Wildman–Crippen LogP) is 2.28. The number of carboxylic acid groups (broad SMARTS) is 1. The third-order valence-corrected chi connectivity index (χ3v) is 4.23. The van der Waals surface area contributed by atoms with Crippen molar-refractivity contribution in [3.8, 4) is 0 Å². The number of hydrogen-bond donors (Lipinski definition) is 1. The second-order valence-corrected chi connectivity index (χ2v) is 6.49. The van der Waals surface area contributed by atoms with Gasteiger partial charge < -0.3 is 14.9 Å². The van der Waals surface area contributed by atoms with Crippen LogP contribution in [0.5, 0.6) is 0 Å². The number of carbonyl (C=O) groups excluding carboxylic acids is 1. The summed E-state index contributed by atoms with van der Waals surface area (Å²) in [5, 5.41) is 8.98. The summed E-state index contributed by atoms with van der Waals surface area (Å²) in [5.41, 5.74) is -0.621. The van der Waals surface area contributed by atoms with Crippen LogP contribution in [0.3, 0.4) is 0 Å². The Morgan fingerprint density at radius 1 is 1.20 bits per heavy atom. The fourth-order valence-electron chi connectivity index (χ4n) is 2.88. The summed E-state index contributed by atoms with van der Waals surface area (Å²) in [6.45, 7) is 0.259. The lowest BCUT2D eigenvalue weighted by Gasteiger charge is -2.23. The number of benzene rings is 1. The first-order chi connectivity index (χ1) is 11.6. The normalized spacial score (nSPS) is 19.8. The van der Waals surface area contributed by atoms with Gasteiger partial charge in [0.1, 0.15) is 6.54 Å². The highest BCUT2D eigenvalue weighted by Gasteiger charge is 2.49. The maximum Gasteiger partial charge on any atom is 0.416 e. The van der Waals surface area contributed by atoms with Gasteiger partial charge in [-0.3, -0.25) is 9.59 Å². The lowest BCUT2D eigenvalue weighted by molar-refractivity contribution is -0.145. The van der Waals surface area contributed by atoms with Crippen LogP contribution < -0.4 is 0 Å². The van der Waals surface area contributed by atoms with Gasteiger partial charge in [0.15, 0.2) is 0 Å². The molecule has 0 unspecified atom stereocenters. The van der Waals surface area contributed by atoms with Gasteiger partial charge >= 0.3 is 12.1 Å². The number of hydrogen-bond acceptors (Lipinski definition) is 3. The summed E-state index contributed by atoms with van der Waals surface area (Å²) < 4.78 is 39.4. The van der Waals surface area contributed by atoms with E-state index < -0.39 is 42.0 Å². The van der Waals surface area contributed by atoms with E-state index in [0.29, 0.717) is 13.0 Å². The zero-order valence-electron chi connectivity index (χ0n) is 14.1. The molecule has 0 heterocycles. The summed E-state index contributed by atoms with van der Waals surface area (Å²) in [5.74, 6) is -2.64. The first-order valence-electron chi connectivity index (χ1n) is 7.92. The molecule has 1 saturated carbocycles. The monoisotopic (exact) mass is 358 g/mol. The molecule has 2 rings (SSSR count). The zero-order valence-corrected chi connectivity index (χ0v) is 14.1. The van der Waals surface area contributed by atoms with Gasteiger partial charge in [0.2, 0.25) is 5.91 Å². The van der Waals surface area contributed by atoms with Crippen LogP contribution in [0.2, 0.25) is 0 Å². The third kappa shape index (κ3) is 4.94. The van der Waals surface area contributed by atoms with E-state index in [2.05, 4.69) is 0 Å². The fraction of sp³-hybridized carbons (Fsp3) is 0.529. The molecule has 1 amide bonds. The van der Waals surface area contributed by atoms with Gasteiger partial charge in [0.25, 0.3) is 0 Å². The molecule has 0 aromatic heterocycles. The first-order valence-corrected chi connectivity index (χ1v) is 7.92.